The minimum atomic E-state index is -0.505. The van der Waals surface area contributed by atoms with Gasteiger partial charge in [0.25, 0.3) is 0 Å². The first kappa shape index (κ1) is 17.8. The molecular formula is C18H28N2O3. The summed E-state index contributed by atoms with van der Waals surface area (Å²) in [5.74, 6) is 1.32. The van der Waals surface area contributed by atoms with Gasteiger partial charge in [0.15, 0.2) is 0 Å². The number of carbonyl (C=O) groups excluding carboxylic acids is 1. The fraction of sp³-hybridized carbons (Fsp3) is 0.611. The van der Waals surface area contributed by atoms with Crippen LogP contribution in [0.4, 0.5) is 0 Å². The maximum atomic E-state index is 11.0. The molecule has 1 aliphatic rings. The van der Waals surface area contributed by atoms with Crippen LogP contribution in [-0.2, 0) is 4.79 Å². The fourth-order valence-electron chi connectivity index (χ4n) is 3.03. The van der Waals surface area contributed by atoms with Crippen LogP contribution in [0.1, 0.15) is 25.3 Å². The molecule has 128 valence electrons. The second-order valence-electron chi connectivity index (χ2n) is 6.44. The van der Waals surface area contributed by atoms with E-state index in [0.717, 1.165) is 43.8 Å². The first-order valence-electron chi connectivity index (χ1n) is 8.38. The van der Waals surface area contributed by atoms with Crippen LogP contribution in [0.5, 0.6) is 5.75 Å². The number of carbonyl (C=O) groups is 1. The normalized spacial score (nSPS) is 20.0. The highest BCUT2D eigenvalue weighted by atomic mass is 16.5. The number of benzene rings is 1. The number of piperidine rings is 1. The smallest absolute Gasteiger partial charge is 0.216 e. The maximum Gasteiger partial charge on any atom is 0.216 e. The Morgan fingerprint density at radius 2 is 2.26 bits per heavy atom. The van der Waals surface area contributed by atoms with Crippen LogP contribution in [0, 0.1) is 12.8 Å². The molecule has 1 aromatic carbocycles. The largest absolute Gasteiger partial charge is 0.491 e. The van der Waals surface area contributed by atoms with Gasteiger partial charge in [-0.05, 0) is 43.9 Å². The van der Waals surface area contributed by atoms with E-state index in [0.29, 0.717) is 19.1 Å². The monoisotopic (exact) mass is 320 g/mol. The highest BCUT2D eigenvalue weighted by molar-refractivity contribution is 5.72. The molecule has 1 fully saturated rings. The number of nitrogens with one attached hydrogen (secondary N) is 1. The summed E-state index contributed by atoms with van der Waals surface area (Å²) < 4.78 is 5.71. The number of hydrogen-bond donors (Lipinski definition) is 2. The molecule has 1 aliphatic heterocycles. The molecule has 2 rings (SSSR count). The molecule has 1 heterocycles. The van der Waals surface area contributed by atoms with Crippen molar-refractivity contribution in [3.8, 4) is 5.75 Å². The quantitative estimate of drug-likeness (QED) is 0.801. The van der Waals surface area contributed by atoms with E-state index in [1.54, 1.807) is 6.92 Å². The number of para-hydroxylation sites is 1. The van der Waals surface area contributed by atoms with Crippen LogP contribution in [0.25, 0.3) is 0 Å². The van der Waals surface area contributed by atoms with Crippen LogP contribution in [0.15, 0.2) is 24.3 Å². The van der Waals surface area contributed by atoms with E-state index in [1.807, 2.05) is 31.2 Å². The van der Waals surface area contributed by atoms with E-state index in [1.165, 1.54) is 0 Å². The Morgan fingerprint density at radius 3 is 3.00 bits per heavy atom. The Balaban J connectivity index is 1.73. The molecule has 1 aromatic rings. The Morgan fingerprint density at radius 1 is 1.48 bits per heavy atom. The SMILES string of the molecule is CC(=O)NCC1CCCN(CC(O)COc2ccccc2C)C1. The topological polar surface area (TPSA) is 61.8 Å². The lowest BCUT2D eigenvalue weighted by Crippen LogP contribution is -2.44. The number of ether oxygens (including phenoxy) is 1. The summed E-state index contributed by atoms with van der Waals surface area (Å²) >= 11 is 0. The molecule has 2 unspecified atom stereocenters. The molecule has 1 saturated heterocycles. The van der Waals surface area contributed by atoms with Gasteiger partial charge in [-0.2, -0.15) is 0 Å². The molecule has 5 nitrogen and oxygen atoms in total. The highest BCUT2D eigenvalue weighted by Gasteiger charge is 2.22. The molecule has 0 aliphatic carbocycles. The van der Waals surface area contributed by atoms with Crippen molar-refractivity contribution in [2.45, 2.75) is 32.8 Å². The number of amides is 1. The highest BCUT2D eigenvalue weighted by Crippen LogP contribution is 2.18. The van der Waals surface area contributed by atoms with Gasteiger partial charge < -0.3 is 20.1 Å². The van der Waals surface area contributed by atoms with Crippen molar-refractivity contribution in [2.24, 2.45) is 5.92 Å². The number of aryl methyl sites for hydroxylation is 1. The van der Waals surface area contributed by atoms with Crippen LogP contribution < -0.4 is 10.1 Å². The lowest BCUT2D eigenvalue weighted by atomic mass is 9.97. The third-order valence-electron chi connectivity index (χ3n) is 4.24. The predicted molar refractivity (Wildman–Crippen MR) is 90.5 cm³/mol. The minimum absolute atomic E-state index is 0.0220. The van der Waals surface area contributed by atoms with Crippen LogP contribution in [-0.4, -0.2) is 54.8 Å². The zero-order valence-electron chi connectivity index (χ0n) is 14.1. The molecule has 0 saturated carbocycles. The van der Waals surface area contributed by atoms with E-state index in [9.17, 15) is 9.90 Å². The van der Waals surface area contributed by atoms with Gasteiger partial charge in [-0.1, -0.05) is 18.2 Å². The van der Waals surface area contributed by atoms with Gasteiger partial charge in [-0.25, -0.2) is 0 Å². The molecule has 23 heavy (non-hydrogen) atoms. The summed E-state index contributed by atoms with van der Waals surface area (Å²) in [5.41, 5.74) is 1.08. The minimum Gasteiger partial charge on any atom is -0.491 e. The summed E-state index contributed by atoms with van der Waals surface area (Å²) in [4.78, 5) is 13.3. The molecule has 0 spiro atoms. The van der Waals surface area contributed by atoms with E-state index < -0.39 is 6.10 Å². The number of β-amino-alcohol motifs (C(OH)–C–C–N with tert-alkyl or cyclic N) is 1. The predicted octanol–water partition coefficient (Wildman–Crippen LogP) is 1.58. The molecule has 2 N–H and O–H groups in total. The molecule has 0 radical (unpaired) electrons. The molecular weight excluding hydrogens is 292 g/mol. The second-order valence-corrected chi connectivity index (χ2v) is 6.44. The van der Waals surface area contributed by atoms with Crippen LogP contribution >= 0.6 is 0 Å². The molecule has 2 atom stereocenters. The number of aliphatic hydroxyl groups excluding tert-OH is 1. The standard InChI is InChI=1S/C18H28N2O3/c1-14-6-3-4-8-18(14)23-13-17(22)12-20-9-5-7-16(11-20)10-19-15(2)21/h3-4,6,8,16-17,22H,5,7,9-13H2,1-2H3,(H,19,21). The fourth-order valence-corrected chi connectivity index (χ4v) is 3.03. The van der Waals surface area contributed by atoms with Gasteiger partial charge in [0.1, 0.15) is 18.5 Å². The van der Waals surface area contributed by atoms with E-state index >= 15 is 0 Å². The Kier molecular flexibility index (Phi) is 6.86. The van der Waals surface area contributed by atoms with Crippen molar-refractivity contribution in [3.63, 3.8) is 0 Å². The van der Waals surface area contributed by atoms with Gasteiger partial charge in [-0.3, -0.25) is 4.79 Å². The van der Waals surface area contributed by atoms with Gasteiger partial charge >= 0.3 is 0 Å². The average molecular weight is 320 g/mol. The Bertz CT molecular complexity index is 507. The Hall–Kier alpha value is -1.59. The zero-order chi connectivity index (χ0) is 16.7. The summed E-state index contributed by atoms with van der Waals surface area (Å²) in [6.45, 7) is 7.10. The van der Waals surface area contributed by atoms with Gasteiger partial charge in [0.2, 0.25) is 5.91 Å². The van der Waals surface area contributed by atoms with Crippen molar-refractivity contribution in [3.05, 3.63) is 29.8 Å². The third-order valence-corrected chi connectivity index (χ3v) is 4.24. The molecule has 0 aromatic heterocycles. The Labute approximate surface area is 138 Å². The third kappa shape index (κ3) is 6.20. The summed E-state index contributed by atoms with van der Waals surface area (Å²) in [7, 11) is 0. The molecule has 5 heteroatoms. The van der Waals surface area contributed by atoms with E-state index in [4.69, 9.17) is 4.74 Å². The maximum absolute atomic E-state index is 11.0. The number of likely N-dealkylation sites (tertiary alicyclic amines) is 1. The number of hydrogen-bond acceptors (Lipinski definition) is 4. The van der Waals surface area contributed by atoms with E-state index in [-0.39, 0.29) is 5.91 Å². The first-order chi connectivity index (χ1) is 11.0. The summed E-state index contributed by atoms with van der Waals surface area (Å²) in [6.07, 6.45) is 1.73. The van der Waals surface area contributed by atoms with Crippen molar-refractivity contribution < 1.29 is 14.6 Å². The van der Waals surface area contributed by atoms with E-state index in [2.05, 4.69) is 10.2 Å². The van der Waals surface area contributed by atoms with Gasteiger partial charge in [0.05, 0.1) is 0 Å². The average Bonchev–Trinajstić information content (AvgIpc) is 2.52. The molecule has 1 amide bonds. The number of nitrogens with zero attached hydrogens (tertiary/aromatic N) is 1. The van der Waals surface area contributed by atoms with Crippen LogP contribution in [0.2, 0.25) is 0 Å². The van der Waals surface area contributed by atoms with Crippen molar-refractivity contribution in [2.75, 3.05) is 32.8 Å². The van der Waals surface area contributed by atoms with Gasteiger partial charge in [0, 0.05) is 26.6 Å². The van der Waals surface area contributed by atoms with Crippen molar-refractivity contribution >= 4 is 5.91 Å². The number of rotatable bonds is 7. The summed E-state index contributed by atoms with van der Waals surface area (Å²) in [5, 5.41) is 13.1. The van der Waals surface area contributed by atoms with Crippen LogP contribution in [0.3, 0.4) is 0 Å². The first-order valence-corrected chi connectivity index (χ1v) is 8.38. The second kappa shape index (κ2) is 8.89. The summed E-state index contributed by atoms with van der Waals surface area (Å²) in [6, 6.07) is 7.83. The number of aliphatic hydroxyl groups is 1. The zero-order valence-corrected chi connectivity index (χ0v) is 14.1. The lowest BCUT2D eigenvalue weighted by molar-refractivity contribution is -0.119. The van der Waals surface area contributed by atoms with Crippen molar-refractivity contribution in [1.82, 2.24) is 10.2 Å². The van der Waals surface area contributed by atoms with Crippen molar-refractivity contribution in [1.29, 1.82) is 0 Å². The molecule has 0 bridgehead atoms. The van der Waals surface area contributed by atoms with Gasteiger partial charge in [-0.15, -0.1) is 0 Å². The lowest BCUT2D eigenvalue weighted by Gasteiger charge is -2.33.